The monoisotopic (exact) mass is 323 g/mol. The van der Waals surface area contributed by atoms with Gasteiger partial charge in [-0.05, 0) is 23.6 Å². The lowest BCUT2D eigenvalue weighted by Gasteiger charge is -2.28. The van der Waals surface area contributed by atoms with Crippen LogP contribution in [0.5, 0.6) is 0 Å². The molecule has 0 aromatic heterocycles. The van der Waals surface area contributed by atoms with Crippen LogP contribution in [0.4, 0.5) is 5.69 Å². The Balaban J connectivity index is 2.75. The molecule has 22 heavy (non-hydrogen) atoms. The largest absolute Gasteiger partial charge is 0.395 e. The van der Waals surface area contributed by atoms with Crippen LogP contribution in [0.1, 0.15) is 26.3 Å². The number of hydrogen-bond donors (Lipinski definition) is 2. The van der Waals surface area contributed by atoms with Crippen molar-refractivity contribution in [2.24, 2.45) is 5.41 Å². The Labute approximate surface area is 136 Å². The molecule has 0 aliphatic carbocycles. The smallest absolute Gasteiger partial charge is 0.238 e. The van der Waals surface area contributed by atoms with Gasteiger partial charge in [0.1, 0.15) is 6.07 Å². The van der Waals surface area contributed by atoms with Gasteiger partial charge in [0.25, 0.3) is 0 Å². The standard InChI is InChI=1S/C16H22ClN3O2/c1-16(2,3)11-20(6-7-21)10-15(22)19-14-8-13(17)5-4-12(14)9-18/h4-5,8,21H,6-7,10-11H2,1-3H3,(H,19,22). The van der Waals surface area contributed by atoms with E-state index in [2.05, 4.69) is 26.1 Å². The second-order valence-corrected chi connectivity index (χ2v) is 6.78. The highest BCUT2D eigenvalue weighted by Crippen LogP contribution is 2.20. The van der Waals surface area contributed by atoms with E-state index in [0.717, 1.165) is 0 Å². The number of amides is 1. The number of nitrogens with one attached hydrogen (secondary N) is 1. The Hall–Kier alpha value is -1.61. The minimum absolute atomic E-state index is 0.00995. The van der Waals surface area contributed by atoms with E-state index < -0.39 is 0 Å². The van der Waals surface area contributed by atoms with E-state index in [0.29, 0.717) is 29.4 Å². The summed E-state index contributed by atoms with van der Waals surface area (Å²) in [6.45, 7) is 7.45. The first-order chi connectivity index (χ1) is 10.2. The van der Waals surface area contributed by atoms with E-state index in [1.807, 2.05) is 11.0 Å². The Morgan fingerprint density at radius 3 is 2.68 bits per heavy atom. The molecule has 1 amide bonds. The molecular formula is C16H22ClN3O2. The summed E-state index contributed by atoms with van der Waals surface area (Å²) in [6, 6.07) is 6.74. The van der Waals surface area contributed by atoms with Gasteiger partial charge in [-0.15, -0.1) is 0 Å². The number of aliphatic hydroxyl groups is 1. The summed E-state index contributed by atoms with van der Waals surface area (Å²) < 4.78 is 0. The number of hydrogen-bond acceptors (Lipinski definition) is 4. The van der Waals surface area contributed by atoms with Crippen molar-refractivity contribution in [1.82, 2.24) is 4.90 Å². The summed E-state index contributed by atoms with van der Waals surface area (Å²) in [5.74, 6) is -0.239. The molecule has 1 rings (SSSR count). The van der Waals surface area contributed by atoms with Crippen molar-refractivity contribution < 1.29 is 9.90 Å². The van der Waals surface area contributed by atoms with Crippen molar-refractivity contribution in [3.05, 3.63) is 28.8 Å². The van der Waals surface area contributed by atoms with Gasteiger partial charge in [0, 0.05) is 18.1 Å². The Kier molecular flexibility index (Phi) is 6.82. The van der Waals surface area contributed by atoms with Crippen LogP contribution in [0.25, 0.3) is 0 Å². The molecule has 6 heteroatoms. The Morgan fingerprint density at radius 2 is 2.14 bits per heavy atom. The summed E-state index contributed by atoms with van der Waals surface area (Å²) >= 11 is 5.90. The number of carbonyl (C=O) groups excluding carboxylic acids is 1. The summed E-state index contributed by atoms with van der Waals surface area (Å²) in [7, 11) is 0. The Morgan fingerprint density at radius 1 is 1.45 bits per heavy atom. The maximum Gasteiger partial charge on any atom is 0.238 e. The second-order valence-electron chi connectivity index (χ2n) is 6.34. The average Bonchev–Trinajstić information content (AvgIpc) is 2.37. The van der Waals surface area contributed by atoms with Gasteiger partial charge in [0.05, 0.1) is 24.4 Å². The molecule has 0 unspecified atom stereocenters. The van der Waals surface area contributed by atoms with E-state index in [4.69, 9.17) is 22.0 Å². The number of benzene rings is 1. The van der Waals surface area contributed by atoms with Crippen LogP contribution >= 0.6 is 11.6 Å². The van der Waals surface area contributed by atoms with Gasteiger partial charge < -0.3 is 10.4 Å². The molecule has 1 aromatic carbocycles. The van der Waals surface area contributed by atoms with Gasteiger partial charge in [0.2, 0.25) is 5.91 Å². The van der Waals surface area contributed by atoms with Crippen LogP contribution < -0.4 is 5.32 Å². The van der Waals surface area contributed by atoms with E-state index in [1.54, 1.807) is 18.2 Å². The van der Waals surface area contributed by atoms with Crippen molar-refractivity contribution in [2.75, 3.05) is 31.6 Å². The number of rotatable bonds is 6. The van der Waals surface area contributed by atoms with Crippen LogP contribution in [0, 0.1) is 16.7 Å². The van der Waals surface area contributed by atoms with E-state index in [1.165, 1.54) is 0 Å². The molecule has 120 valence electrons. The van der Waals surface area contributed by atoms with E-state index in [9.17, 15) is 4.79 Å². The molecule has 0 atom stereocenters. The fourth-order valence-electron chi connectivity index (χ4n) is 2.14. The van der Waals surface area contributed by atoms with Crippen LogP contribution in [0.2, 0.25) is 5.02 Å². The van der Waals surface area contributed by atoms with Crippen LogP contribution in [0.3, 0.4) is 0 Å². The third kappa shape index (κ3) is 6.44. The fraction of sp³-hybridized carbons (Fsp3) is 0.500. The molecule has 0 spiro atoms. The maximum absolute atomic E-state index is 12.2. The van der Waals surface area contributed by atoms with E-state index in [-0.39, 0.29) is 24.5 Å². The van der Waals surface area contributed by atoms with Crippen molar-refractivity contribution >= 4 is 23.2 Å². The van der Waals surface area contributed by atoms with Crippen molar-refractivity contribution in [3.8, 4) is 6.07 Å². The van der Waals surface area contributed by atoms with Gasteiger partial charge in [-0.3, -0.25) is 9.69 Å². The van der Waals surface area contributed by atoms with Gasteiger partial charge in [0.15, 0.2) is 0 Å². The van der Waals surface area contributed by atoms with Gasteiger partial charge in [-0.25, -0.2) is 0 Å². The lowest BCUT2D eigenvalue weighted by molar-refractivity contribution is -0.117. The highest BCUT2D eigenvalue weighted by molar-refractivity contribution is 6.31. The molecule has 0 saturated carbocycles. The first-order valence-electron chi connectivity index (χ1n) is 7.08. The molecule has 0 aliphatic heterocycles. The molecule has 2 N–H and O–H groups in total. The minimum Gasteiger partial charge on any atom is -0.395 e. The van der Waals surface area contributed by atoms with Gasteiger partial charge >= 0.3 is 0 Å². The molecule has 5 nitrogen and oxygen atoms in total. The van der Waals surface area contributed by atoms with Crippen molar-refractivity contribution in [3.63, 3.8) is 0 Å². The molecule has 0 saturated heterocycles. The summed E-state index contributed by atoms with van der Waals surface area (Å²) in [5, 5.41) is 21.3. The zero-order valence-electron chi connectivity index (χ0n) is 13.2. The first kappa shape index (κ1) is 18.4. The number of aliphatic hydroxyl groups excluding tert-OH is 1. The van der Waals surface area contributed by atoms with Crippen LogP contribution in [-0.4, -0.2) is 42.2 Å². The fourth-order valence-corrected chi connectivity index (χ4v) is 2.31. The summed E-state index contributed by atoms with van der Waals surface area (Å²) in [6.07, 6.45) is 0. The third-order valence-electron chi connectivity index (χ3n) is 2.86. The number of anilines is 1. The second kappa shape index (κ2) is 8.14. The third-order valence-corrected chi connectivity index (χ3v) is 3.09. The normalized spacial score (nSPS) is 11.3. The predicted molar refractivity (Wildman–Crippen MR) is 87.8 cm³/mol. The molecule has 0 bridgehead atoms. The minimum atomic E-state index is -0.239. The lowest BCUT2D eigenvalue weighted by atomic mass is 9.96. The number of nitriles is 1. The quantitative estimate of drug-likeness (QED) is 0.843. The van der Waals surface area contributed by atoms with Crippen LogP contribution in [-0.2, 0) is 4.79 Å². The topological polar surface area (TPSA) is 76.4 Å². The maximum atomic E-state index is 12.2. The number of nitrogens with zero attached hydrogens (tertiary/aromatic N) is 2. The SMILES string of the molecule is CC(C)(C)CN(CCO)CC(=O)Nc1cc(Cl)ccc1C#N. The first-order valence-corrected chi connectivity index (χ1v) is 7.45. The summed E-state index contributed by atoms with van der Waals surface area (Å²) in [4.78, 5) is 14.1. The summed E-state index contributed by atoms with van der Waals surface area (Å²) in [5.41, 5.74) is 0.783. The predicted octanol–water partition coefficient (Wildman–Crippen LogP) is 2.49. The molecular weight excluding hydrogens is 302 g/mol. The Bertz CT molecular complexity index is 561. The van der Waals surface area contributed by atoms with Crippen LogP contribution in [0.15, 0.2) is 18.2 Å². The van der Waals surface area contributed by atoms with E-state index >= 15 is 0 Å². The number of halogens is 1. The van der Waals surface area contributed by atoms with Crippen molar-refractivity contribution in [1.29, 1.82) is 5.26 Å². The number of carbonyl (C=O) groups is 1. The highest BCUT2D eigenvalue weighted by atomic mass is 35.5. The van der Waals surface area contributed by atoms with Crippen molar-refractivity contribution in [2.45, 2.75) is 20.8 Å². The average molecular weight is 324 g/mol. The van der Waals surface area contributed by atoms with Gasteiger partial charge in [-0.1, -0.05) is 32.4 Å². The molecule has 0 heterocycles. The zero-order chi connectivity index (χ0) is 16.8. The molecule has 1 aromatic rings. The molecule has 0 fully saturated rings. The van der Waals surface area contributed by atoms with Gasteiger partial charge in [-0.2, -0.15) is 5.26 Å². The highest BCUT2D eigenvalue weighted by Gasteiger charge is 2.19. The molecule has 0 aliphatic rings. The molecule has 0 radical (unpaired) electrons. The zero-order valence-corrected chi connectivity index (χ0v) is 13.9. The lowest BCUT2D eigenvalue weighted by Crippen LogP contribution is -2.40.